The van der Waals surface area contributed by atoms with Gasteiger partial charge in [0.25, 0.3) is 11.5 Å². The molecule has 2 atom stereocenters. The predicted molar refractivity (Wildman–Crippen MR) is 149 cm³/mol. The molecule has 0 saturated heterocycles. The maximum atomic E-state index is 14.8. The molecule has 3 aromatic heterocycles. The first-order valence-electron chi connectivity index (χ1n) is 13.1. The fourth-order valence-electron chi connectivity index (χ4n) is 4.77. The highest BCUT2D eigenvalue weighted by Gasteiger charge is 2.39. The Bertz CT molecular complexity index is 1890. The van der Waals surface area contributed by atoms with Gasteiger partial charge in [-0.3, -0.25) is 14.2 Å². The molecular formula is C28H27F5N6O5. The highest BCUT2D eigenvalue weighted by molar-refractivity contribution is 5.97. The van der Waals surface area contributed by atoms with Crippen molar-refractivity contribution in [1.82, 2.24) is 23.8 Å². The van der Waals surface area contributed by atoms with Crippen LogP contribution in [0.4, 0.5) is 27.6 Å². The number of amides is 1. The molecule has 1 aromatic carbocycles. The van der Waals surface area contributed by atoms with Crippen LogP contribution in [-0.4, -0.2) is 53.8 Å². The zero-order chi connectivity index (χ0) is 32.7. The number of rotatable bonds is 9. The lowest BCUT2D eigenvalue weighted by Gasteiger charge is -2.22. The summed E-state index contributed by atoms with van der Waals surface area (Å²) >= 11 is 0. The molecule has 0 spiro atoms. The molecule has 0 unspecified atom stereocenters. The average Bonchev–Trinajstić information content (AvgIpc) is 3.45. The highest BCUT2D eigenvalue weighted by atomic mass is 19.4. The van der Waals surface area contributed by atoms with Gasteiger partial charge in [-0.05, 0) is 31.5 Å². The number of imidazole rings is 1. The number of nitrogens with one attached hydrogen (secondary N) is 2. The molecule has 0 saturated carbocycles. The number of anilines is 1. The van der Waals surface area contributed by atoms with E-state index in [9.17, 15) is 46.2 Å². The Labute approximate surface area is 245 Å². The van der Waals surface area contributed by atoms with Gasteiger partial charge in [0.2, 0.25) is 0 Å². The number of carboxylic acid groups (broad SMARTS) is 1. The first-order valence-corrected chi connectivity index (χ1v) is 13.1. The SMILES string of the molecule is CC[C@@H](Nc1cc(F)c(C(=O)N[C@@H](Cc2ccc(-c3c(C)n(C)c(=O)n(C)c3=O)c3nccn23)C(=O)O)cc1F)C(F)(F)F. The molecule has 11 nitrogen and oxygen atoms in total. The standard InChI is InChI=1S/C28H27F5N6O5/c1-5-21(28(31,32)33)35-19-12-17(29)16(11-18(19)30)24(40)36-20(26(42)43)10-14-6-7-15(23-34-8-9-39(14)23)22-13(2)37(3)27(44)38(4)25(22)41/h6-9,11-12,20-21,35H,5,10H2,1-4H3,(H,36,40)(H,42,43)/t20-,21+/m0/s1. The molecule has 16 heteroatoms. The summed E-state index contributed by atoms with van der Waals surface area (Å²) in [4.78, 5) is 54.5. The summed E-state index contributed by atoms with van der Waals surface area (Å²) in [5.74, 6) is -5.55. The summed E-state index contributed by atoms with van der Waals surface area (Å²) in [6, 6.07) is -0.0537. The van der Waals surface area contributed by atoms with Gasteiger partial charge in [0, 0.05) is 55.9 Å². The molecule has 0 fully saturated rings. The van der Waals surface area contributed by atoms with Crippen molar-refractivity contribution in [2.75, 3.05) is 5.32 Å². The number of fused-ring (bicyclic) bond motifs is 1. The topological polar surface area (TPSA) is 140 Å². The Morgan fingerprint density at radius 1 is 1.07 bits per heavy atom. The second-order valence-electron chi connectivity index (χ2n) is 10.1. The number of carbonyl (C=O) groups excluding carboxylic acids is 1. The first kappa shape index (κ1) is 31.9. The van der Waals surface area contributed by atoms with E-state index in [1.54, 1.807) is 6.92 Å². The highest BCUT2D eigenvalue weighted by Crippen LogP contribution is 2.29. The van der Waals surface area contributed by atoms with E-state index < -0.39 is 70.7 Å². The Balaban J connectivity index is 1.64. The third-order valence-electron chi connectivity index (χ3n) is 7.31. The van der Waals surface area contributed by atoms with E-state index in [-0.39, 0.29) is 17.6 Å². The van der Waals surface area contributed by atoms with Crippen molar-refractivity contribution in [3.63, 3.8) is 0 Å². The van der Waals surface area contributed by atoms with Crippen LogP contribution in [-0.2, 0) is 25.3 Å². The molecule has 3 N–H and O–H groups in total. The largest absolute Gasteiger partial charge is 0.480 e. The second kappa shape index (κ2) is 11.9. The minimum absolute atomic E-state index is 0.191. The van der Waals surface area contributed by atoms with Gasteiger partial charge in [-0.25, -0.2) is 23.4 Å². The minimum Gasteiger partial charge on any atom is -0.480 e. The van der Waals surface area contributed by atoms with Crippen molar-refractivity contribution in [2.45, 2.75) is 44.9 Å². The molecule has 0 aliphatic rings. The molecule has 0 radical (unpaired) electrons. The number of hydrogen-bond acceptors (Lipinski definition) is 6. The van der Waals surface area contributed by atoms with Gasteiger partial charge in [0.05, 0.1) is 16.8 Å². The molecule has 1 amide bonds. The lowest BCUT2D eigenvalue weighted by Crippen LogP contribution is -2.43. The number of carboxylic acids is 1. The van der Waals surface area contributed by atoms with E-state index >= 15 is 0 Å². The third kappa shape index (κ3) is 5.91. The fraction of sp³-hybridized carbons (Fsp3) is 0.321. The van der Waals surface area contributed by atoms with E-state index in [1.807, 2.05) is 5.32 Å². The fourth-order valence-corrected chi connectivity index (χ4v) is 4.77. The van der Waals surface area contributed by atoms with Gasteiger partial charge in [0.15, 0.2) is 0 Å². The summed E-state index contributed by atoms with van der Waals surface area (Å²) in [5, 5.41) is 13.8. The molecule has 0 aliphatic carbocycles. The van der Waals surface area contributed by atoms with E-state index in [4.69, 9.17) is 0 Å². The third-order valence-corrected chi connectivity index (χ3v) is 7.31. The molecule has 44 heavy (non-hydrogen) atoms. The summed E-state index contributed by atoms with van der Waals surface area (Å²) in [7, 11) is 2.83. The number of halogens is 5. The van der Waals surface area contributed by atoms with Crippen molar-refractivity contribution in [2.24, 2.45) is 14.1 Å². The average molecular weight is 623 g/mol. The van der Waals surface area contributed by atoms with E-state index in [0.29, 0.717) is 29.1 Å². The summed E-state index contributed by atoms with van der Waals surface area (Å²) in [6.07, 6.45) is -2.70. The second-order valence-corrected chi connectivity index (χ2v) is 10.1. The maximum Gasteiger partial charge on any atom is 0.408 e. The molecule has 3 heterocycles. The van der Waals surface area contributed by atoms with Gasteiger partial charge in [-0.2, -0.15) is 13.2 Å². The van der Waals surface area contributed by atoms with E-state index in [2.05, 4.69) is 10.3 Å². The lowest BCUT2D eigenvalue weighted by atomic mass is 10.0. The molecular weight excluding hydrogens is 595 g/mol. The van der Waals surface area contributed by atoms with Gasteiger partial charge in [-0.15, -0.1) is 0 Å². The monoisotopic (exact) mass is 622 g/mol. The Morgan fingerprint density at radius 3 is 2.36 bits per heavy atom. The number of carbonyl (C=O) groups is 2. The number of aliphatic carboxylic acids is 1. The van der Waals surface area contributed by atoms with Crippen LogP contribution < -0.4 is 21.9 Å². The first-order chi connectivity index (χ1) is 20.6. The van der Waals surface area contributed by atoms with Crippen molar-refractivity contribution in [1.29, 1.82) is 0 Å². The Kier molecular flexibility index (Phi) is 8.65. The van der Waals surface area contributed by atoms with Gasteiger partial charge in [0.1, 0.15) is 29.4 Å². The number of pyridine rings is 1. The van der Waals surface area contributed by atoms with Crippen LogP contribution in [0.2, 0.25) is 0 Å². The summed E-state index contributed by atoms with van der Waals surface area (Å²) in [5.41, 5.74) is -1.37. The molecule has 234 valence electrons. The molecule has 0 bridgehead atoms. The van der Waals surface area contributed by atoms with Gasteiger partial charge >= 0.3 is 17.8 Å². The Hall–Kier alpha value is -5.02. The number of hydrogen-bond donors (Lipinski definition) is 3. The van der Waals surface area contributed by atoms with Crippen molar-refractivity contribution < 1.29 is 36.6 Å². The maximum absolute atomic E-state index is 14.8. The number of aromatic nitrogens is 4. The van der Waals surface area contributed by atoms with Crippen LogP contribution in [0.1, 0.15) is 35.1 Å². The van der Waals surface area contributed by atoms with Crippen LogP contribution in [0.3, 0.4) is 0 Å². The van der Waals surface area contributed by atoms with E-state index in [1.165, 1.54) is 54.5 Å². The van der Waals surface area contributed by atoms with Crippen LogP contribution in [0, 0.1) is 18.6 Å². The quantitative estimate of drug-likeness (QED) is 0.244. The Morgan fingerprint density at radius 2 is 1.75 bits per heavy atom. The van der Waals surface area contributed by atoms with Crippen LogP contribution in [0.5, 0.6) is 0 Å². The molecule has 4 aromatic rings. The predicted octanol–water partition coefficient (Wildman–Crippen LogP) is 3.16. The van der Waals surface area contributed by atoms with Crippen molar-refractivity contribution in [3.8, 4) is 11.1 Å². The van der Waals surface area contributed by atoms with Gasteiger partial charge in [-0.1, -0.05) is 6.92 Å². The summed E-state index contributed by atoms with van der Waals surface area (Å²) in [6.45, 7) is 2.79. The zero-order valence-corrected chi connectivity index (χ0v) is 23.8. The summed E-state index contributed by atoms with van der Waals surface area (Å²) < 4.78 is 72.3. The van der Waals surface area contributed by atoms with Crippen molar-refractivity contribution >= 4 is 23.2 Å². The number of alkyl halides is 3. The minimum atomic E-state index is -4.74. The van der Waals surface area contributed by atoms with Crippen molar-refractivity contribution in [3.05, 3.63) is 86.1 Å². The lowest BCUT2D eigenvalue weighted by molar-refractivity contribution is -0.143. The smallest absolute Gasteiger partial charge is 0.408 e. The number of nitrogens with zero attached hydrogens (tertiary/aromatic N) is 4. The molecule has 4 rings (SSSR count). The van der Waals surface area contributed by atoms with E-state index in [0.717, 1.165) is 4.57 Å². The zero-order valence-electron chi connectivity index (χ0n) is 23.8. The number of benzene rings is 1. The van der Waals surface area contributed by atoms with Gasteiger partial charge < -0.3 is 24.7 Å². The molecule has 0 aliphatic heterocycles. The van der Waals surface area contributed by atoms with Crippen LogP contribution >= 0.6 is 0 Å². The van der Waals surface area contributed by atoms with Crippen LogP contribution in [0.15, 0.2) is 46.2 Å². The van der Waals surface area contributed by atoms with Crippen LogP contribution in [0.25, 0.3) is 16.8 Å². The normalized spacial score (nSPS) is 13.1.